The summed E-state index contributed by atoms with van der Waals surface area (Å²) in [4.78, 5) is 26.7. The Morgan fingerprint density at radius 2 is 1.90 bits per heavy atom. The van der Waals surface area contributed by atoms with Crippen LogP contribution >= 0.6 is 11.6 Å². The SMILES string of the molecule is COc1ccc(Cl)cc1-c1c(/C=C/C(C)=O)c(=O)[nH]c2ccc(C(F)(F)F)cc12. The van der Waals surface area contributed by atoms with Crippen molar-refractivity contribution >= 4 is 34.4 Å². The van der Waals surface area contributed by atoms with E-state index in [0.29, 0.717) is 16.3 Å². The van der Waals surface area contributed by atoms with Crippen LogP contribution in [0.2, 0.25) is 5.02 Å². The van der Waals surface area contributed by atoms with Gasteiger partial charge in [0.25, 0.3) is 5.56 Å². The van der Waals surface area contributed by atoms with Gasteiger partial charge in [-0.05, 0) is 55.5 Å². The maximum absolute atomic E-state index is 13.3. The second kappa shape index (κ2) is 7.75. The van der Waals surface area contributed by atoms with Gasteiger partial charge in [-0.1, -0.05) is 11.6 Å². The molecule has 0 amide bonds. The van der Waals surface area contributed by atoms with Gasteiger partial charge in [0.15, 0.2) is 5.78 Å². The highest BCUT2D eigenvalue weighted by atomic mass is 35.5. The molecule has 0 aliphatic carbocycles. The molecule has 29 heavy (non-hydrogen) atoms. The molecule has 0 bridgehead atoms. The van der Waals surface area contributed by atoms with E-state index in [-0.39, 0.29) is 27.8 Å². The van der Waals surface area contributed by atoms with E-state index in [4.69, 9.17) is 16.3 Å². The minimum Gasteiger partial charge on any atom is -0.496 e. The summed E-state index contributed by atoms with van der Waals surface area (Å²) in [6, 6.07) is 7.65. The molecule has 0 aliphatic heterocycles. The average Bonchev–Trinajstić information content (AvgIpc) is 2.64. The summed E-state index contributed by atoms with van der Waals surface area (Å²) < 4.78 is 45.3. The quantitative estimate of drug-likeness (QED) is 0.567. The molecular formula is C21H15ClF3NO3. The van der Waals surface area contributed by atoms with Gasteiger partial charge in [0.2, 0.25) is 0 Å². The molecule has 0 saturated heterocycles. The molecule has 0 radical (unpaired) electrons. The Morgan fingerprint density at radius 1 is 1.17 bits per heavy atom. The molecule has 3 rings (SSSR count). The van der Waals surface area contributed by atoms with Crippen LogP contribution in [0.25, 0.3) is 28.1 Å². The third-order valence-corrected chi connectivity index (χ3v) is 4.53. The maximum atomic E-state index is 13.3. The minimum atomic E-state index is -4.57. The molecule has 1 N–H and O–H groups in total. The van der Waals surface area contributed by atoms with Gasteiger partial charge in [0.05, 0.1) is 12.7 Å². The van der Waals surface area contributed by atoms with Crippen LogP contribution in [0.1, 0.15) is 18.1 Å². The fraction of sp³-hybridized carbons (Fsp3) is 0.143. The minimum absolute atomic E-state index is 0.0209. The fourth-order valence-electron chi connectivity index (χ4n) is 3.01. The summed E-state index contributed by atoms with van der Waals surface area (Å²) in [5.74, 6) is -0.00580. The number of pyridine rings is 1. The van der Waals surface area contributed by atoms with Crippen LogP contribution in [0, 0.1) is 0 Å². The Hall–Kier alpha value is -3.06. The molecule has 0 unspecified atom stereocenters. The van der Waals surface area contributed by atoms with Gasteiger partial charge in [0.1, 0.15) is 5.75 Å². The highest BCUT2D eigenvalue weighted by molar-refractivity contribution is 6.31. The standard InChI is InChI=1S/C21H15ClF3NO3/c1-11(27)3-6-14-19(16-10-13(22)5-8-18(16)29-2)15-9-12(21(23,24)25)4-7-17(15)26-20(14)28/h3-10H,1-2H3,(H,26,28)/b6-3+. The van der Waals surface area contributed by atoms with Crippen molar-refractivity contribution in [2.75, 3.05) is 7.11 Å². The largest absolute Gasteiger partial charge is 0.496 e. The highest BCUT2D eigenvalue weighted by Gasteiger charge is 2.31. The number of aromatic amines is 1. The Morgan fingerprint density at radius 3 is 2.52 bits per heavy atom. The number of nitrogens with one attached hydrogen (secondary N) is 1. The Labute approximate surface area is 168 Å². The predicted octanol–water partition coefficient (Wildman–Crippen LogP) is 5.48. The first kappa shape index (κ1) is 20.7. The molecule has 8 heteroatoms. The molecule has 0 spiro atoms. The van der Waals surface area contributed by atoms with Crippen LogP contribution in [0.4, 0.5) is 13.2 Å². The van der Waals surface area contributed by atoms with Crippen LogP contribution in [0.15, 0.2) is 47.3 Å². The van der Waals surface area contributed by atoms with Gasteiger partial charge in [-0.15, -0.1) is 0 Å². The van der Waals surface area contributed by atoms with E-state index in [1.54, 1.807) is 12.1 Å². The first-order valence-corrected chi connectivity index (χ1v) is 8.79. The molecule has 1 heterocycles. The molecule has 150 valence electrons. The first-order chi connectivity index (χ1) is 13.6. The second-order valence-electron chi connectivity index (χ2n) is 6.29. The molecule has 0 saturated carbocycles. The van der Waals surface area contributed by atoms with Crippen LogP contribution in [0.3, 0.4) is 0 Å². The number of allylic oxidation sites excluding steroid dienone is 1. The van der Waals surface area contributed by atoms with Gasteiger partial charge < -0.3 is 9.72 Å². The van der Waals surface area contributed by atoms with Crippen molar-refractivity contribution < 1.29 is 22.7 Å². The molecule has 4 nitrogen and oxygen atoms in total. The lowest BCUT2D eigenvalue weighted by Gasteiger charge is -2.16. The van der Waals surface area contributed by atoms with Gasteiger partial charge in [-0.3, -0.25) is 9.59 Å². The third-order valence-electron chi connectivity index (χ3n) is 4.29. The summed E-state index contributed by atoms with van der Waals surface area (Å²) in [6.45, 7) is 1.30. The number of carbonyl (C=O) groups is 1. The number of fused-ring (bicyclic) bond motifs is 1. The van der Waals surface area contributed by atoms with Gasteiger partial charge >= 0.3 is 6.18 Å². The lowest BCUT2D eigenvalue weighted by molar-refractivity contribution is -0.137. The zero-order chi connectivity index (χ0) is 21.3. The average molecular weight is 422 g/mol. The number of hydrogen-bond donors (Lipinski definition) is 1. The number of rotatable bonds is 4. The number of alkyl halides is 3. The topological polar surface area (TPSA) is 59.2 Å². The Bertz CT molecular complexity index is 1200. The molecular weight excluding hydrogens is 407 g/mol. The number of H-pyrrole nitrogens is 1. The number of methoxy groups -OCH3 is 1. The van der Waals surface area contributed by atoms with E-state index in [2.05, 4.69) is 4.98 Å². The van der Waals surface area contributed by atoms with Crippen molar-refractivity contribution in [3.8, 4) is 16.9 Å². The summed E-state index contributed by atoms with van der Waals surface area (Å²) >= 11 is 6.10. The number of benzene rings is 2. The van der Waals surface area contributed by atoms with E-state index in [0.717, 1.165) is 12.1 Å². The van der Waals surface area contributed by atoms with E-state index in [1.807, 2.05) is 0 Å². The molecule has 0 aliphatic rings. The van der Waals surface area contributed by atoms with Crippen molar-refractivity contribution in [1.82, 2.24) is 4.98 Å². The Kier molecular flexibility index (Phi) is 5.53. The van der Waals surface area contributed by atoms with Gasteiger partial charge in [0, 0.05) is 32.6 Å². The van der Waals surface area contributed by atoms with Gasteiger partial charge in [-0.25, -0.2) is 0 Å². The second-order valence-corrected chi connectivity index (χ2v) is 6.73. The van der Waals surface area contributed by atoms with Crippen molar-refractivity contribution in [1.29, 1.82) is 0 Å². The molecule has 0 fully saturated rings. The lowest BCUT2D eigenvalue weighted by atomic mass is 9.94. The van der Waals surface area contributed by atoms with Crippen molar-refractivity contribution in [3.63, 3.8) is 0 Å². The summed E-state index contributed by atoms with van der Waals surface area (Å²) in [7, 11) is 1.40. The fourth-order valence-corrected chi connectivity index (χ4v) is 3.18. The van der Waals surface area contributed by atoms with Crippen LogP contribution < -0.4 is 10.3 Å². The Balaban J connectivity index is 2.51. The van der Waals surface area contributed by atoms with Crippen molar-refractivity contribution in [2.24, 2.45) is 0 Å². The van der Waals surface area contributed by atoms with Crippen molar-refractivity contribution in [3.05, 3.63) is 69.0 Å². The molecule has 0 atom stereocenters. The number of ketones is 1. The molecule has 1 aromatic heterocycles. The highest BCUT2D eigenvalue weighted by Crippen LogP contribution is 2.40. The smallest absolute Gasteiger partial charge is 0.416 e. The normalized spacial score (nSPS) is 11.9. The maximum Gasteiger partial charge on any atom is 0.416 e. The van der Waals surface area contributed by atoms with E-state index >= 15 is 0 Å². The van der Waals surface area contributed by atoms with Crippen LogP contribution in [-0.2, 0) is 11.0 Å². The first-order valence-electron chi connectivity index (χ1n) is 8.41. The molecule has 2 aromatic carbocycles. The number of hydrogen-bond acceptors (Lipinski definition) is 3. The number of halogens is 4. The number of carbonyl (C=O) groups excluding carboxylic acids is 1. The number of aromatic nitrogens is 1. The zero-order valence-corrected chi connectivity index (χ0v) is 16.1. The monoisotopic (exact) mass is 421 g/mol. The van der Waals surface area contributed by atoms with E-state index in [1.165, 1.54) is 38.3 Å². The van der Waals surface area contributed by atoms with E-state index < -0.39 is 17.3 Å². The van der Waals surface area contributed by atoms with Crippen LogP contribution in [0.5, 0.6) is 5.75 Å². The summed E-state index contributed by atoms with van der Waals surface area (Å²) in [5, 5.41) is 0.450. The van der Waals surface area contributed by atoms with Gasteiger partial charge in [-0.2, -0.15) is 13.2 Å². The summed E-state index contributed by atoms with van der Waals surface area (Å²) in [5.41, 5.74) is -0.689. The predicted molar refractivity (Wildman–Crippen MR) is 106 cm³/mol. The zero-order valence-electron chi connectivity index (χ0n) is 15.4. The third kappa shape index (κ3) is 4.19. The van der Waals surface area contributed by atoms with Crippen molar-refractivity contribution in [2.45, 2.75) is 13.1 Å². The van der Waals surface area contributed by atoms with Crippen LogP contribution in [-0.4, -0.2) is 17.9 Å². The number of ether oxygens (including phenoxy) is 1. The van der Waals surface area contributed by atoms with E-state index in [9.17, 15) is 22.8 Å². The summed E-state index contributed by atoms with van der Waals surface area (Å²) in [6.07, 6.45) is -2.13. The lowest BCUT2D eigenvalue weighted by Crippen LogP contribution is -2.13. The molecule has 3 aromatic rings.